The van der Waals surface area contributed by atoms with Gasteiger partial charge in [0.1, 0.15) is 24.5 Å². The zero-order valence-corrected chi connectivity index (χ0v) is 14.2. The van der Waals surface area contributed by atoms with Crippen molar-refractivity contribution >= 4 is 39.7 Å². The van der Waals surface area contributed by atoms with Crippen LogP contribution in [0.4, 0.5) is 14.5 Å². The Labute approximate surface area is 154 Å². The number of carbonyl (C=O) groups excluding carboxylic acids is 1. The quantitative estimate of drug-likeness (QED) is 0.584. The lowest BCUT2D eigenvalue weighted by Gasteiger charge is -2.06. The molecule has 0 aliphatic rings. The Bertz CT molecular complexity index is 1270. The SMILES string of the molecule is O=C(Cn1nc2c3cc(F)ccc3ncn2c1=O)Nc1ccc(Cl)cc1F. The number of amides is 1. The number of hydrogen-bond donors (Lipinski definition) is 1. The van der Waals surface area contributed by atoms with Crippen molar-refractivity contribution in [3.8, 4) is 0 Å². The molecule has 0 fully saturated rings. The van der Waals surface area contributed by atoms with Crippen LogP contribution in [0.25, 0.3) is 16.6 Å². The van der Waals surface area contributed by atoms with Crippen LogP contribution in [0.1, 0.15) is 0 Å². The molecule has 0 saturated heterocycles. The van der Waals surface area contributed by atoms with E-state index < -0.39 is 29.8 Å². The Kier molecular flexibility index (Phi) is 4.08. The van der Waals surface area contributed by atoms with E-state index in [0.29, 0.717) is 10.9 Å². The summed E-state index contributed by atoms with van der Waals surface area (Å²) >= 11 is 5.66. The molecule has 1 amide bonds. The van der Waals surface area contributed by atoms with Crippen LogP contribution >= 0.6 is 11.6 Å². The van der Waals surface area contributed by atoms with Crippen LogP contribution in [0.15, 0.2) is 47.5 Å². The van der Waals surface area contributed by atoms with Crippen LogP contribution in [0.3, 0.4) is 0 Å². The summed E-state index contributed by atoms with van der Waals surface area (Å²) < 4.78 is 29.3. The summed E-state index contributed by atoms with van der Waals surface area (Å²) in [6, 6.07) is 7.70. The van der Waals surface area contributed by atoms with Crippen LogP contribution in [0.2, 0.25) is 5.02 Å². The maximum absolute atomic E-state index is 13.8. The molecular weight excluding hydrogens is 380 g/mol. The van der Waals surface area contributed by atoms with Gasteiger partial charge in [-0.15, -0.1) is 5.10 Å². The van der Waals surface area contributed by atoms with E-state index in [9.17, 15) is 18.4 Å². The van der Waals surface area contributed by atoms with E-state index in [1.165, 1.54) is 36.7 Å². The van der Waals surface area contributed by atoms with Crippen molar-refractivity contribution in [2.75, 3.05) is 5.32 Å². The summed E-state index contributed by atoms with van der Waals surface area (Å²) in [6.07, 6.45) is 1.25. The maximum atomic E-state index is 13.8. The number of nitrogens with one attached hydrogen (secondary N) is 1. The van der Waals surface area contributed by atoms with E-state index in [-0.39, 0.29) is 16.4 Å². The molecule has 2 aromatic carbocycles. The second-order valence-electron chi connectivity index (χ2n) is 5.71. The van der Waals surface area contributed by atoms with Gasteiger partial charge in [0.25, 0.3) is 0 Å². The average molecular weight is 390 g/mol. The Morgan fingerprint density at radius 3 is 2.78 bits per heavy atom. The van der Waals surface area contributed by atoms with Crippen LogP contribution in [-0.4, -0.2) is 25.1 Å². The zero-order chi connectivity index (χ0) is 19.1. The highest BCUT2D eigenvalue weighted by molar-refractivity contribution is 6.30. The molecule has 1 N–H and O–H groups in total. The third kappa shape index (κ3) is 3.13. The highest BCUT2D eigenvalue weighted by Gasteiger charge is 2.15. The fourth-order valence-electron chi connectivity index (χ4n) is 2.65. The van der Waals surface area contributed by atoms with Crippen molar-refractivity contribution in [2.24, 2.45) is 0 Å². The normalized spacial score (nSPS) is 11.2. The van der Waals surface area contributed by atoms with Crippen molar-refractivity contribution in [3.63, 3.8) is 0 Å². The fraction of sp³-hybridized carbons (Fsp3) is 0.0588. The summed E-state index contributed by atoms with van der Waals surface area (Å²) in [5.41, 5.74) is -0.0884. The molecule has 0 bridgehead atoms. The lowest BCUT2D eigenvalue weighted by Crippen LogP contribution is -2.28. The minimum absolute atomic E-state index is 0.0737. The molecule has 10 heteroatoms. The number of carbonyl (C=O) groups is 1. The molecule has 4 rings (SSSR count). The molecule has 2 heterocycles. The summed E-state index contributed by atoms with van der Waals surface area (Å²) in [5.74, 6) is -1.87. The second-order valence-corrected chi connectivity index (χ2v) is 6.15. The van der Waals surface area contributed by atoms with Crippen LogP contribution < -0.4 is 11.0 Å². The van der Waals surface area contributed by atoms with Crippen molar-refractivity contribution < 1.29 is 13.6 Å². The summed E-state index contributed by atoms with van der Waals surface area (Å²) in [4.78, 5) is 28.7. The average Bonchev–Trinajstić information content (AvgIpc) is 2.94. The molecule has 2 aromatic heterocycles. The third-order valence-corrected chi connectivity index (χ3v) is 4.12. The largest absolute Gasteiger partial charge is 0.352 e. The van der Waals surface area contributed by atoms with Gasteiger partial charge in [-0.05, 0) is 36.4 Å². The van der Waals surface area contributed by atoms with Gasteiger partial charge in [-0.3, -0.25) is 4.79 Å². The van der Waals surface area contributed by atoms with Gasteiger partial charge in [-0.2, -0.15) is 0 Å². The number of benzene rings is 2. The predicted octanol–water partition coefficient (Wildman–Crippen LogP) is 2.61. The summed E-state index contributed by atoms with van der Waals surface area (Å²) in [5, 5.41) is 6.95. The first-order chi connectivity index (χ1) is 12.9. The van der Waals surface area contributed by atoms with Gasteiger partial charge >= 0.3 is 5.69 Å². The molecule has 0 aliphatic carbocycles. The Morgan fingerprint density at radius 1 is 1.19 bits per heavy atom. The molecular formula is C17H10ClF2N5O2. The van der Waals surface area contributed by atoms with Crippen molar-refractivity contribution in [2.45, 2.75) is 6.54 Å². The highest BCUT2D eigenvalue weighted by atomic mass is 35.5. The number of fused-ring (bicyclic) bond motifs is 3. The number of halogens is 3. The first-order valence-electron chi connectivity index (χ1n) is 7.71. The molecule has 0 atom stereocenters. The maximum Gasteiger partial charge on any atom is 0.352 e. The monoisotopic (exact) mass is 389 g/mol. The van der Waals surface area contributed by atoms with E-state index in [0.717, 1.165) is 15.1 Å². The Balaban J connectivity index is 1.68. The smallest absolute Gasteiger partial charge is 0.322 e. The van der Waals surface area contributed by atoms with Gasteiger partial charge < -0.3 is 5.32 Å². The molecule has 0 radical (unpaired) electrons. The molecule has 0 saturated carbocycles. The van der Waals surface area contributed by atoms with Crippen LogP contribution in [-0.2, 0) is 11.3 Å². The number of anilines is 1. The predicted molar refractivity (Wildman–Crippen MR) is 94.8 cm³/mol. The van der Waals surface area contributed by atoms with Crippen molar-refractivity contribution in [1.82, 2.24) is 19.2 Å². The minimum Gasteiger partial charge on any atom is -0.322 e. The number of aromatic nitrogens is 4. The lowest BCUT2D eigenvalue weighted by molar-refractivity contribution is -0.117. The van der Waals surface area contributed by atoms with E-state index in [4.69, 9.17) is 11.6 Å². The van der Waals surface area contributed by atoms with Crippen LogP contribution in [0, 0.1) is 11.6 Å². The summed E-state index contributed by atoms with van der Waals surface area (Å²) in [6.45, 7) is -0.459. The second kappa shape index (κ2) is 6.44. The standard InChI is InChI=1S/C17H10ClF2N5O2/c18-9-1-3-14(12(20)5-9)22-15(26)7-25-17(27)24-8-21-13-4-2-10(19)6-11(13)16(24)23-25/h1-6,8H,7H2,(H,22,26). The van der Waals surface area contributed by atoms with Crippen molar-refractivity contribution in [1.29, 1.82) is 0 Å². The van der Waals surface area contributed by atoms with E-state index in [1.807, 2.05) is 0 Å². The molecule has 0 spiro atoms. The third-order valence-electron chi connectivity index (χ3n) is 3.88. The van der Waals surface area contributed by atoms with Gasteiger partial charge in [-0.1, -0.05) is 11.6 Å². The van der Waals surface area contributed by atoms with Gasteiger partial charge in [0.15, 0.2) is 5.65 Å². The van der Waals surface area contributed by atoms with Crippen LogP contribution in [0.5, 0.6) is 0 Å². The van der Waals surface area contributed by atoms with Gasteiger partial charge in [0.05, 0.1) is 11.2 Å². The first kappa shape index (κ1) is 17.1. The van der Waals surface area contributed by atoms with Gasteiger partial charge in [0.2, 0.25) is 5.91 Å². The lowest BCUT2D eigenvalue weighted by atomic mass is 10.2. The molecule has 136 valence electrons. The molecule has 7 nitrogen and oxygen atoms in total. The zero-order valence-electron chi connectivity index (χ0n) is 13.5. The minimum atomic E-state index is -0.705. The molecule has 0 unspecified atom stereocenters. The summed E-state index contributed by atoms with van der Waals surface area (Å²) in [7, 11) is 0. The van der Waals surface area contributed by atoms with Crippen molar-refractivity contribution in [3.05, 3.63) is 69.9 Å². The molecule has 0 aliphatic heterocycles. The van der Waals surface area contributed by atoms with E-state index in [2.05, 4.69) is 15.4 Å². The molecule has 4 aromatic rings. The van der Waals surface area contributed by atoms with Gasteiger partial charge in [-0.25, -0.2) is 27.6 Å². The van der Waals surface area contributed by atoms with Gasteiger partial charge in [0, 0.05) is 10.4 Å². The fourth-order valence-corrected chi connectivity index (χ4v) is 2.81. The Morgan fingerprint density at radius 2 is 2.00 bits per heavy atom. The van der Waals surface area contributed by atoms with E-state index >= 15 is 0 Å². The first-order valence-corrected chi connectivity index (χ1v) is 8.08. The number of rotatable bonds is 3. The topological polar surface area (TPSA) is 81.3 Å². The Hall–Kier alpha value is -3.33. The van der Waals surface area contributed by atoms with E-state index in [1.54, 1.807) is 0 Å². The number of nitrogens with zero attached hydrogens (tertiary/aromatic N) is 4. The highest BCUT2D eigenvalue weighted by Crippen LogP contribution is 2.19. The number of hydrogen-bond acceptors (Lipinski definition) is 4. The molecule has 27 heavy (non-hydrogen) atoms.